The molecule has 8 heteroatoms. The number of allylic oxidation sites excluding steroid dienone is 1. The molecule has 5 rings (SSSR count). The molecule has 1 spiro atoms. The standard InChI is InChI=1S/C26H30N2O5S/c29-15-14-28-22-24(31)27(17-18-9-4-3-5-10-18)13-8-12-26(22)21(23(28)30)20-19(34-26)11-6-1-2-7-16-33-25(20)32/h3-6,8-12,19-22,29H,1-2,7,13-17H2/b11-6-/t19-,20+,21+,22?,26+/m1/s1. The van der Waals surface area contributed by atoms with Gasteiger partial charge in [0.1, 0.15) is 6.04 Å². The third kappa shape index (κ3) is 3.86. The van der Waals surface area contributed by atoms with Crippen LogP contribution in [-0.4, -0.2) is 75.0 Å². The molecule has 34 heavy (non-hydrogen) atoms. The second-order valence-electron chi connectivity index (χ2n) is 9.30. The number of aliphatic hydroxyl groups is 1. The summed E-state index contributed by atoms with van der Waals surface area (Å²) in [7, 11) is 0. The van der Waals surface area contributed by atoms with Crippen molar-refractivity contribution >= 4 is 29.5 Å². The van der Waals surface area contributed by atoms with E-state index in [1.54, 1.807) is 4.90 Å². The van der Waals surface area contributed by atoms with E-state index in [0.29, 0.717) is 19.7 Å². The van der Waals surface area contributed by atoms with Gasteiger partial charge in [-0.1, -0.05) is 54.6 Å². The number of benzene rings is 1. The van der Waals surface area contributed by atoms with Crippen LogP contribution in [-0.2, 0) is 25.7 Å². The van der Waals surface area contributed by atoms with Crippen LogP contribution in [0, 0.1) is 11.8 Å². The Labute approximate surface area is 203 Å². The van der Waals surface area contributed by atoms with Crippen molar-refractivity contribution in [1.29, 1.82) is 0 Å². The van der Waals surface area contributed by atoms with Gasteiger partial charge in [-0.05, 0) is 24.8 Å². The fourth-order valence-corrected chi connectivity index (χ4v) is 7.76. The molecule has 4 aliphatic heterocycles. The van der Waals surface area contributed by atoms with Gasteiger partial charge >= 0.3 is 5.97 Å². The number of hydrogen-bond acceptors (Lipinski definition) is 6. The van der Waals surface area contributed by atoms with Crippen LogP contribution < -0.4 is 0 Å². The zero-order valence-corrected chi connectivity index (χ0v) is 19.9. The van der Waals surface area contributed by atoms with E-state index in [4.69, 9.17) is 4.74 Å². The van der Waals surface area contributed by atoms with E-state index in [1.165, 1.54) is 16.7 Å². The number of likely N-dealkylation sites (tertiary alicyclic amines) is 1. The van der Waals surface area contributed by atoms with Crippen molar-refractivity contribution in [3.05, 3.63) is 60.2 Å². The van der Waals surface area contributed by atoms with Crippen LogP contribution in [0.25, 0.3) is 0 Å². The molecular weight excluding hydrogens is 452 g/mol. The normalized spacial score (nSPS) is 34.2. The molecule has 0 saturated carbocycles. The number of carbonyl (C=O) groups is 3. The lowest BCUT2D eigenvalue weighted by molar-refractivity contribution is -0.153. The third-order valence-corrected chi connectivity index (χ3v) is 8.99. The molecule has 0 radical (unpaired) electrons. The first-order valence-electron chi connectivity index (χ1n) is 12.0. The van der Waals surface area contributed by atoms with Crippen LogP contribution in [0.2, 0.25) is 0 Å². The number of cyclic esters (lactones) is 1. The molecule has 7 nitrogen and oxygen atoms in total. The van der Waals surface area contributed by atoms with Crippen LogP contribution in [0.3, 0.4) is 0 Å². The minimum Gasteiger partial charge on any atom is -0.465 e. The van der Waals surface area contributed by atoms with Crippen molar-refractivity contribution in [2.75, 3.05) is 26.3 Å². The smallest absolute Gasteiger partial charge is 0.311 e. The monoisotopic (exact) mass is 482 g/mol. The molecule has 180 valence electrons. The molecule has 2 amide bonds. The Kier molecular flexibility index (Phi) is 6.53. The van der Waals surface area contributed by atoms with Crippen molar-refractivity contribution in [1.82, 2.24) is 9.80 Å². The van der Waals surface area contributed by atoms with Crippen molar-refractivity contribution in [2.45, 2.75) is 41.8 Å². The number of thioether (sulfide) groups is 1. The summed E-state index contributed by atoms with van der Waals surface area (Å²) in [6.45, 7) is 1.02. The summed E-state index contributed by atoms with van der Waals surface area (Å²) in [6, 6.07) is 8.99. The SMILES string of the molecule is O=C1OCCCC/C=C\[C@H]2S[C@]34C=CCN(Cc5ccccc5)C(=O)C3N(CCO)C(=O)[C@@H]4[C@@H]12. The number of hydrogen-bond donors (Lipinski definition) is 1. The van der Waals surface area contributed by atoms with E-state index in [-0.39, 0.29) is 36.2 Å². The van der Waals surface area contributed by atoms with Gasteiger partial charge in [-0.15, -0.1) is 11.8 Å². The number of rotatable bonds is 4. The Morgan fingerprint density at radius 1 is 1.09 bits per heavy atom. The lowest BCUT2D eigenvalue weighted by atomic mass is 9.78. The summed E-state index contributed by atoms with van der Waals surface area (Å²) in [5, 5.41) is 9.50. The average Bonchev–Trinajstić information content (AvgIpc) is 3.22. The highest BCUT2D eigenvalue weighted by Gasteiger charge is 2.70. The van der Waals surface area contributed by atoms with Crippen LogP contribution in [0.5, 0.6) is 0 Å². The van der Waals surface area contributed by atoms with Gasteiger partial charge in [-0.25, -0.2) is 0 Å². The van der Waals surface area contributed by atoms with Crippen molar-refractivity contribution in [2.24, 2.45) is 11.8 Å². The molecule has 0 aromatic heterocycles. The molecule has 2 saturated heterocycles. The molecule has 1 unspecified atom stereocenters. The summed E-state index contributed by atoms with van der Waals surface area (Å²) in [5.74, 6) is -2.12. The van der Waals surface area contributed by atoms with Gasteiger partial charge in [0.15, 0.2) is 0 Å². The summed E-state index contributed by atoms with van der Waals surface area (Å²) in [4.78, 5) is 44.2. The highest BCUT2D eigenvalue weighted by Crippen LogP contribution is 2.60. The van der Waals surface area contributed by atoms with Crippen molar-refractivity contribution < 1.29 is 24.2 Å². The number of fused-ring (bicyclic) bond motifs is 2. The Morgan fingerprint density at radius 2 is 1.91 bits per heavy atom. The Morgan fingerprint density at radius 3 is 2.71 bits per heavy atom. The number of carbonyl (C=O) groups excluding carboxylic acids is 3. The van der Waals surface area contributed by atoms with E-state index in [2.05, 4.69) is 6.08 Å². The van der Waals surface area contributed by atoms with Gasteiger partial charge in [0.05, 0.1) is 29.8 Å². The molecule has 0 aliphatic carbocycles. The van der Waals surface area contributed by atoms with Crippen molar-refractivity contribution in [3.63, 3.8) is 0 Å². The lowest BCUT2D eigenvalue weighted by Gasteiger charge is -2.35. The molecule has 2 fully saturated rings. The molecule has 5 atom stereocenters. The van der Waals surface area contributed by atoms with E-state index < -0.39 is 22.6 Å². The third-order valence-electron chi connectivity index (χ3n) is 7.24. The minimum atomic E-state index is -0.873. The summed E-state index contributed by atoms with van der Waals surface area (Å²) < 4.78 is 4.72. The second-order valence-corrected chi connectivity index (χ2v) is 10.8. The molecular formula is C26H30N2O5S. The quantitative estimate of drug-likeness (QED) is 0.523. The number of amides is 2. The van der Waals surface area contributed by atoms with Crippen LogP contribution in [0.1, 0.15) is 24.8 Å². The first-order chi connectivity index (χ1) is 16.6. The maximum Gasteiger partial charge on any atom is 0.311 e. The van der Waals surface area contributed by atoms with Gasteiger partial charge < -0.3 is 19.6 Å². The fourth-order valence-electron chi connectivity index (χ4n) is 5.76. The van der Waals surface area contributed by atoms with E-state index in [9.17, 15) is 19.5 Å². The Bertz CT molecular complexity index is 1010. The maximum absolute atomic E-state index is 14.0. The molecule has 0 bridgehead atoms. The highest BCUT2D eigenvalue weighted by atomic mass is 32.2. The van der Waals surface area contributed by atoms with Crippen LogP contribution >= 0.6 is 11.8 Å². The van der Waals surface area contributed by atoms with E-state index in [1.807, 2.05) is 48.6 Å². The Hall–Kier alpha value is -2.58. The van der Waals surface area contributed by atoms with Crippen molar-refractivity contribution in [3.8, 4) is 0 Å². The van der Waals surface area contributed by atoms with Gasteiger partial charge in [-0.2, -0.15) is 0 Å². The number of esters is 1. The fraction of sp³-hybridized carbons (Fsp3) is 0.500. The van der Waals surface area contributed by atoms with E-state index >= 15 is 0 Å². The van der Waals surface area contributed by atoms with Gasteiger partial charge in [0, 0.05) is 24.9 Å². The second kappa shape index (κ2) is 9.58. The number of ether oxygens (including phenoxy) is 1. The van der Waals surface area contributed by atoms with Gasteiger partial charge in [-0.3, -0.25) is 14.4 Å². The molecule has 1 aromatic rings. The zero-order chi connectivity index (χ0) is 23.7. The summed E-state index contributed by atoms with van der Waals surface area (Å²) in [6.07, 6.45) is 10.7. The van der Waals surface area contributed by atoms with Crippen LogP contribution in [0.4, 0.5) is 0 Å². The Balaban J connectivity index is 1.55. The lowest BCUT2D eigenvalue weighted by Crippen LogP contribution is -2.53. The summed E-state index contributed by atoms with van der Waals surface area (Å²) in [5.41, 5.74) is 1.01. The predicted octanol–water partition coefficient (Wildman–Crippen LogP) is 2.16. The first-order valence-corrected chi connectivity index (χ1v) is 12.9. The number of nitrogens with zero attached hydrogens (tertiary/aromatic N) is 2. The van der Waals surface area contributed by atoms with Crippen LogP contribution in [0.15, 0.2) is 54.6 Å². The zero-order valence-electron chi connectivity index (χ0n) is 19.0. The van der Waals surface area contributed by atoms with Gasteiger partial charge in [0.25, 0.3) is 0 Å². The highest BCUT2D eigenvalue weighted by molar-refractivity contribution is 8.02. The molecule has 1 aromatic carbocycles. The van der Waals surface area contributed by atoms with Gasteiger partial charge in [0.2, 0.25) is 11.8 Å². The first kappa shape index (κ1) is 23.2. The summed E-state index contributed by atoms with van der Waals surface area (Å²) >= 11 is 1.53. The molecule has 4 heterocycles. The number of aliphatic hydroxyl groups excluding tert-OH is 1. The predicted molar refractivity (Wildman–Crippen MR) is 129 cm³/mol. The molecule has 1 N–H and O–H groups in total. The topological polar surface area (TPSA) is 87.2 Å². The largest absolute Gasteiger partial charge is 0.465 e. The maximum atomic E-state index is 14.0. The minimum absolute atomic E-state index is 0.0589. The average molecular weight is 483 g/mol. The molecule has 4 aliphatic rings. The number of β-amino-alcohol motifs (C(OH)–C–C–N with tert-alkyl or cyclic N) is 1. The van der Waals surface area contributed by atoms with E-state index in [0.717, 1.165) is 24.8 Å².